The van der Waals surface area contributed by atoms with Crippen molar-refractivity contribution in [2.24, 2.45) is 11.3 Å². The van der Waals surface area contributed by atoms with Gasteiger partial charge in [-0.1, -0.05) is 26.2 Å². The molecule has 1 unspecified atom stereocenters. The number of likely N-dealkylation sites (tertiary alicyclic amines) is 1. The molecule has 1 N–H and O–H groups in total. The molecule has 1 aliphatic heterocycles. The second-order valence-electron chi connectivity index (χ2n) is 5.78. The molecule has 1 heterocycles. The molecule has 0 aromatic rings. The van der Waals surface area contributed by atoms with Crippen LogP contribution in [0.2, 0.25) is 0 Å². The largest absolute Gasteiger partial charge is 0.481 e. The normalized spacial score (nSPS) is 30.4. The van der Waals surface area contributed by atoms with Crippen LogP contribution < -0.4 is 0 Å². The van der Waals surface area contributed by atoms with Gasteiger partial charge in [0.2, 0.25) is 0 Å². The summed E-state index contributed by atoms with van der Waals surface area (Å²) < 4.78 is 0. The highest BCUT2D eigenvalue weighted by molar-refractivity contribution is 5.75. The molecule has 92 valence electrons. The monoisotopic (exact) mass is 225 g/mol. The lowest BCUT2D eigenvalue weighted by molar-refractivity contribution is -0.152. The second kappa shape index (κ2) is 4.74. The quantitative estimate of drug-likeness (QED) is 0.801. The zero-order valence-electron chi connectivity index (χ0n) is 10.2. The van der Waals surface area contributed by atoms with E-state index < -0.39 is 11.4 Å². The van der Waals surface area contributed by atoms with E-state index in [1.54, 1.807) is 0 Å². The van der Waals surface area contributed by atoms with E-state index in [1.165, 1.54) is 12.8 Å². The summed E-state index contributed by atoms with van der Waals surface area (Å²) in [5.74, 6) is 0.182. The van der Waals surface area contributed by atoms with Crippen LogP contribution in [-0.4, -0.2) is 35.6 Å². The van der Waals surface area contributed by atoms with Crippen molar-refractivity contribution >= 4 is 5.97 Å². The predicted octanol–water partition coefficient (Wildman–Crippen LogP) is 2.36. The van der Waals surface area contributed by atoms with Crippen molar-refractivity contribution in [2.45, 2.75) is 45.4 Å². The van der Waals surface area contributed by atoms with Gasteiger partial charge in [0.25, 0.3) is 0 Å². The van der Waals surface area contributed by atoms with Crippen molar-refractivity contribution in [3.05, 3.63) is 0 Å². The number of carbonyl (C=O) groups is 1. The van der Waals surface area contributed by atoms with Gasteiger partial charge in [-0.3, -0.25) is 4.79 Å². The molecule has 0 radical (unpaired) electrons. The second-order valence-corrected chi connectivity index (χ2v) is 5.78. The molecule has 1 atom stereocenters. The first-order chi connectivity index (χ1) is 7.62. The maximum absolute atomic E-state index is 11.5. The summed E-state index contributed by atoms with van der Waals surface area (Å²) in [6, 6.07) is 0. The van der Waals surface area contributed by atoms with Gasteiger partial charge in [-0.05, 0) is 31.7 Å². The Morgan fingerprint density at radius 3 is 2.56 bits per heavy atom. The molecule has 2 fully saturated rings. The van der Waals surface area contributed by atoms with Gasteiger partial charge < -0.3 is 10.0 Å². The SMILES string of the molecule is CC1CCN(CC2(C(=O)O)CCCCC2)C1. The van der Waals surface area contributed by atoms with Gasteiger partial charge in [-0.25, -0.2) is 0 Å². The number of hydrogen-bond donors (Lipinski definition) is 1. The molecule has 1 saturated heterocycles. The van der Waals surface area contributed by atoms with E-state index in [4.69, 9.17) is 0 Å². The van der Waals surface area contributed by atoms with E-state index in [-0.39, 0.29) is 0 Å². The highest BCUT2D eigenvalue weighted by Crippen LogP contribution is 2.38. The van der Waals surface area contributed by atoms with Crippen LogP contribution in [0, 0.1) is 11.3 Å². The van der Waals surface area contributed by atoms with Gasteiger partial charge in [-0.15, -0.1) is 0 Å². The lowest BCUT2D eigenvalue weighted by atomic mass is 9.73. The molecule has 0 bridgehead atoms. The van der Waals surface area contributed by atoms with E-state index in [2.05, 4.69) is 11.8 Å². The molecule has 16 heavy (non-hydrogen) atoms. The van der Waals surface area contributed by atoms with E-state index in [9.17, 15) is 9.90 Å². The van der Waals surface area contributed by atoms with Crippen LogP contribution in [-0.2, 0) is 4.79 Å². The van der Waals surface area contributed by atoms with Gasteiger partial charge in [0.15, 0.2) is 0 Å². The third-order valence-corrected chi connectivity index (χ3v) is 4.30. The molecule has 0 amide bonds. The van der Waals surface area contributed by atoms with Crippen LogP contribution >= 0.6 is 0 Å². The Hall–Kier alpha value is -0.570. The fourth-order valence-corrected chi connectivity index (χ4v) is 3.27. The van der Waals surface area contributed by atoms with Crippen LogP contribution in [0.25, 0.3) is 0 Å². The number of rotatable bonds is 3. The molecule has 0 aromatic carbocycles. The van der Waals surface area contributed by atoms with Crippen molar-refractivity contribution in [1.82, 2.24) is 4.90 Å². The summed E-state index contributed by atoms with van der Waals surface area (Å²) in [5, 5.41) is 9.49. The summed E-state index contributed by atoms with van der Waals surface area (Å²) in [4.78, 5) is 13.9. The first kappa shape index (κ1) is 11.9. The summed E-state index contributed by atoms with van der Waals surface area (Å²) in [7, 11) is 0. The molecule has 3 nitrogen and oxygen atoms in total. The average Bonchev–Trinajstić information content (AvgIpc) is 2.65. The van der Waals surface area contributed by atoms with Gasteiger partial charge in [0.05, 0.1) is 5.41 Å². The number of hydrogen-bond acceptors (Lipinski definition) is 2. The number of aliphatic carboxylic acids is 1. The predicted molar refractivity (Wildman–Crippen MR) is 63.4 cm³/mol. The Bertz CT molecular complexity index is 259. The summed E-state index contributed by atoms with van der Waals surface area (Å²) in [6.07, 6.45) is 6.40. The van der Waals surface area contributed by atoms with Crippen LogP contribution in [0.5, 0.6) is 0 Å². The summed E-state index contributed by atoms with van der Waals surface area (Å²) >= 11 is 0. The van der Waals surface area contributed by atoms with Crippen LogP contribution in [0.15, 0.2) is 0 Å². The maximum Gasteiger partial charge on any atom is 0.310 e. The van der Waals surface area contributed by atoms with Crippen LogP contribution in [0.3, 0.4) is 0 Å². The lowest BCUT2D eigenvalue weighted by Gasteiger charge is -2.36. The zero-order valence-corrected chi connectivity index (χ0v) is 10.2. The van der Waals surface area contributed by atoms with E-state index in [0.717, 1.165) is 51.2 Å². The van der Waals surface area contributed by atoms with Crippen molar-refractivity contribution < 1.29 is 9.90 Å². The van der Waals surface area contributed by atoms with Gasteiger partial charge in [-0.2, -0.15) is 0 Å². The standard InChI is InChI=1S/C13H23NO2/c1-11-5-8-14(9-11)10-13(12(15)16)6-3-2-4-7-13/h11H,2-10H2,1H3,(H,15,16). The third kappa shape index (κ3) is 2.40. The van der Waals surface area contributed by atoms with Gasteiger partial charge in [0.1, 0.15) is 0 Å². The summed E-state index contributed by atoms with van der Waals surface area (Å²) in [6.45, 7) is 5.23. The average molecular weight is 225 g/mol. The fraction of sp³-hybridized carbons (Fsp3) is 0.923. The van der Waals surface area contributed by atoms with Crippen molar-refractivity contribution in [3.8, 4) is 0 Å². The Labute approximate surface area is 97.8 Å². The minimum Gasteiger partial charge on any atom is -0.481 e. The first-order valence-electron chi connectivity index (χ1n) is 6.58. The smallest absolute Gasteiger partial charge is 0.310 e. The van der Waals surface area contributed by atoms with Gasteiger partial charge in [0, 0.05) is 13.1 Å². The summed E-state index contributed by atoms with van der Waals surface area (Å²) in [5.41, 5.74) is -0.428. The van der Waals surface area contributed by atoms with Crippen LogP contribution in [0.4, 0.5) is 0 Å². The molecule has 1 aliphatic carbocycles. The highest BCUT2D eigenvalue weighted by Gasteiger charge is 2.41. The lowest BCUT2D eigenvalue weighted by Crippen LogP contribution is -2.43. The van der Waals surface area contributed by atoms with Crippen molar-refractivity contribution in [2.75, 3.05) is 19.6 Å². The Morgan fingerprint density at radius 1 is 1.38 bits per heavy atom. The van der Waals surface area contributed by atoms with E-state index in [1.807, 2.05) is 0 Å². The molecule has 0 spiro atoms. The molecular formula is C13H23NO2. The van der Waals surface area contributed by atoms with Crippen molar-refractivity contribution in [1.29, 1.82) is 0 Å². The topological polar surface area (TPSA) is 40.5 Å². The van der Waals surface area contributed by atoms with Gasteiger partial charge >= 0.3 is 5.97 Å². The van der Waals surface area contributed by atoms with E-state index >= 15 is 0 Å². The Balaban J connectivity index is 1.99. The molecule has 1 saturated carbocycles. The minimum atomic E-state index is -0.563. The number of carboxylic acids is 1. The number of nitrogens with zero attached hydrogens (tertiary/aromatic N) is 1. The zero-order chi connectivity index (χ0) is 11.6. The van der Waals surface area contributed by atoms with Crippen molar-refractivity contribution in [3.63, 3.8) is 0 Å². The van der Waals surface area contributed by atoms with Crippen LogP contribution in [0.1, 0.15) is 45.4 Å². The van der Waals surface area contributed by atoms with E-state index in [0.29, 0.717) is 0 Å². The fourth-order valence-electron chi connectivity index (χ4n) is 3.27. The minimum absolute atomic E-state index is 0.428. The highest BCUT2D eigenvalue weighted by atomic mass is 16.4. The molecule has 3 heteroatoms. The Morgan fingerprint density at radius 2 is 2.06 bits per heavy atom. The third-order valence-electron chi connectivity index (χ3n) is 4.30. The number of carboxylic acid groups (broad SMARTS) is 1. The molecule has 2 rings (SSSR count). The molecular weight excluding hydrogens is 202 g/mol. The molecule has 0 aromatic heterocycles. The first-order valence-corrected chi connectivity index (χ1v) is 6.58. The Kier molecular flexibility index (Phi) is 3.53. The maximum atomic E-state index is 11.5. The molecule has 2 aliphatic rings.